The third kappa shape index (κ3) is 5.03. The highest BCUT2D eigenvalue weighted by Crippen LogP contribution is 2.27. The summed E-state index contributed by atoms with van der Waals surface area (Å²) in [5.41, 5.74) is 0.540. The van der Waals surface area contributed by atoms with E-state index in [-0.39, 0.29) is 27.5 Å². The van der Waals surface area contributed by atoms with Crippen LogP contribution in [0, 0.1) is 11.6 Å². The highest BCUT2D eigenvalue weighted by atomic mass is 32.1. The van der Waals surface area contributed by atoms with Crippen LogP contribution in [0.2, 0.25) is 0 Å². The highest BCUT2D eigenvalue weighted by Gasteiger charge is 2.15. The van der Waals surface area contributed by atoms with Gasteiger partial charge in [-0.3, -0.25) is 10.1 Å². The first-order valence-corrected chi connectivity index (χ1v) is 9.31. The number of hydrogen-bond acceptors (Lipinski definition) is 7. The summed E-state index contributed by atoms with van der Waals surface area (Å²) in [5.74, 6) is -3.23. The molecule has 0 unspecified atom stereocenters. The van der Waals surface area contributed by atoms with Crippen molar-refractivity contribution in [2.24, 2.45) is 0 Å². The maximum absolute atomic E-state index is 13.8. The number of nitrogens with zero attached hydrogens (tertiary/aromatic N) is 1. The van der Waals surface area contributed by atoms with Gasteiger partial charge in [-0.05, 0) is 42.5 Å². The molecule has 7 nitrogen and oxygen atoms in total. The predicted molar refractivity (Wildman–Crippen MR) is 104 cm³/mol. The molecule has 1 aromatic heterocycles. The second kappa shape index (κ2) is 9.23. The molecule has 10 heteroatoms. The van der Waals surface area contributed by atoms with Gasteiger partial charge in [0.15, 0.2) is 11.7 Å². The zero-order valence-electron chi connectivity index (χ0n) is 15.5. The number of methoxy groups -OCH3 is 1. The molecular formula is C20H14F2N2O5S. The van der Waals surface area contributed by atoms with Crippen molar-refractivity contribution in [1.82, 2.24) is 4.98 Å². The Balaban J connectivity index is 1.56. The van der Waals surface area contributed by atoms with Gasteiger partial charge in [0.2, 0.25) is 0 Å². The second-order valence-corrected chi connectivity index (χ2v) is 6.71. The molecule has 1 heterocycles. The molecule has 0 spiro atoms. The van der Waals surface area contributed by atoms with Gasteiger partial charge in [0.05, 0.1) is 23.9 Å². The molecule has 0 atom stereocenters. The van der Waals surface area contributed by atoms with Gasteiger partial charge in [0, 0.05) is 10.9 Å². The topological polar surface area (TPSA) is 94.6 Å². The number of amides is 1. The fraction of sp³-hybridized carbons (Fsp3) is 0.100. The number of aromatic nitrogens is 1. The van der Waals surface area contributed by atoms with E-state index in [4.69, 9.17) is 4.74 Å². The molecule has 0 radical (unpaired) electrons. The molecule has 30 heavy (non-hydrogen) atoms. The number of thiazole rings is 1. The Labute approximate surface area is 173 Å². The summed E-state index contributed by atoms with van der Waals surface area (Å²) in [6.07, 6.45) is 0. The molecule has 0 aliphatic carbocycles. The molecule has 0 saturated carbocycles. The first-order valence-electron chi connectivity index (χ1n) is 8.43. The summed E-state index contributed by atoms with van der Waals surface area (Å²) in [7, 11) is 1.24. The monoisotopic (exact) mass is 432 g/mol. The molecule has 0 aliphatic heterocycles. The van der Waals surface area contributed by atoms with Crippen molar-refractivity contribution in [3.05, 3.63) is 70.6 Å². The summed E-state index contributed by atoms with van der Waals surface area (Å²) in [6, 6.07) is 8.50. The van der Waals surface area contributed by atoms with Crippen molar-refractivity contribution in [2.75, 3.05) is 19.0 Å². The van der Waals surface area contributed by atoms with E-state index in [1.807, 2.05) is 0 Å². The normalized spacial score (nSPS) is 10.4. The average molecular weight is 432 g/mol. The van der Waals surface area contributed by atoms with Crippen molar-refractivity contribution in [3.8, 4) is 11.3 Å². The zero-order valence-corrected chi connectivity index (χ0v) is 16.3. The van der Waals surface area contributed by atoms with E-state index < -0.39 is 36.1 Å². The van der Waals surface area contributed by atoms with Crippen molar-refractivity contribution >= 4 is 34.3 Å². The first kappa shape index (κ1) is 21.1. The summed E-state index contributed by atoms with van der Waals surface area (Å²) in [5, 5.41) is 4.02. The SMILES string of the molecule is COC(=O)c1ccc(C(=O)OCC(=O)Nc2nc(-c3cc(F)ccc3F)cs2)cc1. The summed E-state index contributed by atoms with van der Waals surface area (Å²) in [4.78, 5) is 39.4. The Hall–Kier alpha value is -3.66. The lowest BCUT2D eigenvalue weighted by molar-refractivity contribution is -0.119. The number of ether oxygens (including phenoxy) is 2. The van der Waals surface area contributed by atoms with Gasteiger partial charge in [-0.1, -0.05) is 0 Å². The Morgan fingerprint density at radius 3 is 2.37 bits per heavy atom. The maximum atomic E-state index is 13.8. The third-order valence-corrected chi connectivity index (χ3v) is 4.59. The Kier molecular flexibility index (Phi) is 6.48. The lowest BCUT2D eigenvalue weighted by atomic mass is 10.1. The van der Waals surface area contributed by atoms with Crippen LogP contribution in [0.15, 0.2) is 47.8 Å². The predicted octanol–water partition coefficient (Wildman–Crippen LogP) is 3.67. The number of halogens is 2. The van der Waals surface area contributed by atoms with Crippen LogP contribution in [0.1, 0.15) is 20.7 Å². The molecule has 1 amide bonds. The Bertz CT molecular complexity index is 1100. The van der Waals surface area contributed by atoms with Crippen molar-refractivity contribution in [1.29, 1.82) is 0 Å². The lowest BCUT2D eigenvalue weighted by Crippen LogP contribution is -2.20. The van der Waals surface area contributed by atoms with Gasteiger partial charge in [-0.15, -0.1) is 11.3 Å². The van der Waals surface area contributed by atoms with E-state index in [1.54, 1.807) is 0 Å². The highest BCUT2D eigenvalue weighted by molar-refractivity contribution is 7.14. The number of hydrogen-bond donors (Lipinski definition) is 1. The molecule has 0 bridgehead atoms. The van der Waals surface area contributed by atoms with E-state index in [0.29, 0.717) is 0 Å². The molecule has 3 rings (SSSR count). The van der Waals surface area contributed by atoms with E-state index >= 15 is 0 Å². The Morgan fingerprint density at radius 1 is 1.03 bits per heavy atom. The largest absolute Gasteiger partial charge is 0.465 e. The van der Waals surface area contributed by atoms with E-state index in [1.165, 1.54) is 36.8 Å². The lowest BCUT2D eigenvalue weighted by Gasteiger charge is -2.05. The standard InChI is InChI=1S/C20H14F2N2O5S/c1-28-18(26)11-2-4-12(5-3-11)19(27)29-9-17(25)24-20-23-16(10-30-20)14-8-13(21)6-7-15(14)22/h2-8,10H,9H2,1H3,(H,23,24,25). The maximum Gasteiger partial charge on any atom is 0.338 e. The number of anilines is 1. The smallest absolute Gasteiger partial charge is 0.338 e. The summed E-state index contributed by atoms with van der Waals surface area (Å²) in [6.45, 7) is -0.583. The molecule has 154 valence electrons. The number of carbonyl (C=O) groups is 3. The fourth-order valence-electron chi connectivity index (χ4n) is 2.38. The third-order valence-electron chi connectivity index (χ3n) is 3.83. The van der Waals surface area contributed by atoms with Gasteiger partial charge < -0.3 is 9.47 Å². The number of rotatable bonds is 6. The first-order chi connectivity index (χ1) is 14.4. The van der Waals surface area contributed by atoms with Gasteiger partial charge in [0.1, 0.15) is 11.6 Å². The van der Waals surface area contributed by atoms with Gasteiger partial charge in [0.25, 0.3) is 5.91 Å². The molecular weight excluding hydrogens is 418 g/mol. The quantitative estimate of drug-likeness (QED) is 0.598. The minimum Gasteiger partial charge on any atom is -0.465 e. The minimum atomic E-state index is -0.761. The van der Waals surface area contributed by atoms with E-state index in [9.17, 15) is 23.2 Å². The van der Waals surface area contributed by atoms with Crippen LogP contribution < -0.4 is 5.32 Å². The summed E-state index contributed by atoms with van der Waals surface area (Å²) < 4.78 is 36.6. The van der Waals surface area contributed by atoms with Crippen molar-refractivity contribution < 1.29 is 32.6 Å². The minimum absolute atomic E-state index is 0.0337. The number of carbonyl (C=O) groups excluding carboxylic acids is 3. The van der Waals surface area contributed by atoms with Crippen molar-refractivity contribution in [3.63, 3.8) is 0 Å². The molecule has 3 aromatic rings. The number of nitrogens with one attached hydrogen (secondary N) is 1. The average Bonchev–Trinajstić information content (AvgIpc) is 3.21. The van der Waals surface area contributed by atoms with E-state index in [0.717, 1.165) is 29.5 Å². The Morgan fingerprint density at radius 2 is 1.70 bits per heavy atom. The van der Waals surface area contributed by atoms with Crippen molar-refractivity contribution in [2.45, 2.75) is 0 Å². The van der Waals surface area contributed by atoms with Crippen LogP contribution in [-0.2, 0) is 14.3 Å². The molecule has 0 saturated heterocycles. The number of benzene rings is 2. The molecule has 0 fully saturated rings. The van der Waals surface area contributed by atoms with Crippen LogP contribution in [0.25, 0.3) is 11.3 Å². The summed E-state index contributed by atoms with van der Waals surface area (Å²) >= 11 is 1.01. The van der Waals surface area contributed by atoms with E-state index in [2.05, 4.69) is 15.0 Å². The fourth-order valence-corrected chi connectivity index (χ4v) is 3.11. The van der Waals surface area contributed by atoms with Gasteiger partial charge >= 0.3 is 11.9 Å². The second-order valence-electron chi connectivity index (χ2n) is 5.86. The van der Waals surface area contributed by atoms with Crippen LogP contribution in [0.4, 0.5) is 13.9 Å². The number of esters is 2. The van der Waals surface area contributed by atoms with Gasteiger partial charge in [-0.2, -0.15) is 0 Å². The van der Waals surface area contributed by atoms with Crippen LogP contribution in [-0.4, -0.2) is 36.5 Å². The molecule has 0 aliphatic rings. The van der Waals surface area contributed by atoms with Crippen LogP contribution >= 0.6 is 11.3 Å². The molecule has 1 N–H and O–H groups in total. The van der Waals surface area contributed by atoms with Crippen LogP contribution in [0.3, 0.4) is 0 Å². The molecule has 2 aromatic carbocycles. The zero-order chi connectivity index (χ0) is 21.7. The van der Waals surface area contributed by atoms with Gasteiger partial charge in [-0.25, -0.2) is 23.4 Å². The van der Waals surface area contributed by atoms with Crippen LogP contribution in [0.5, 0.6) is 0 Å².